The Balaban J connectivity index is 1.40. The largest absolute Gasteiger partial charge is 0.480 e. The normalized spacial score (nSPS) is 13.2. The van der Waals surface area contributed by atoms with Gasteiger partial charge in [-0.25, -0.2) is 19.4 Å². The molecule has 0 saturated carbocycles. The third-order valence-corrected chi connectivity index (χ3v) is 7.24. The van der Waals surface area contributed by atoms with E-state index in [0.717, 1.165) is 22.3 Å². The van der Waals surface area contributed by atoms with E-state index in [9.17, 15) is 19.5 Å². The molecule has 0 fully saturated rings. The SMILES string of the molecule is CCC(C)(CC)OC(=O)c1cc(C[C@H](NC(=O)OCC2c3ccccc3-c3ccccc32)C(=O)O)ccn1. The number of fused-ring (bicyclic) bond motifs is 3. The summed E-state index contributed by atoms with van der Waals surface area (Å²) in [6, 6.07) is 17.8. The minimum absolute atomic E-state index is 0.0544. The number of aromatic nitrogens is 1. The molecule has 2 aromatic carbocycles. The maximum Gasteiger partial charge on any atom is 0.407 e. The topological polar surface area (TPSA) is 115 Å². The second kappa shape index (κ2) is 11.5. The van der Waals surface area contributed by atoms with Gasteiger partial charge < -0.3 is 19.9 Å². The summed E-state index contributed by atoms with van der Waals surface area (Å²) in [5.74, 6) is -1.93. The number of hydrogen-bond acceptors (Lipinski definition) is 6. The molecule has 2 N–H and O–H groups in total. The monoisotopic (exact) mass is 516 g/mol. The van der Waals surface area contributed by atoms with Gasteiger partial charge in [-0.15, -0.1) is 0 Å². The number of amides is 1. The van der Waals surface area contributed by atoms with Gasteiger partial charge >= 0.3 is 18.0 Å². The van der Waals surface area contributed by atoms with Crippen LogP contribution in [-0.4, -0.2) is 46.4 Å². The van der Waals surface area contributed by atoms with E-state index in [0.29, 0.717) is 18.4 Å². The van der Waals surface area contributed by atoms with E-state index in [4.69, 9.17) is 9.47 Å². The summed E-state index contributed by atoms with van der Waals surface area (Å²) in [6.07, 6.45) is 1.85. The number of pyridine rings is 1. The van der Waals surface area contributed by atoms with Crippen molar-refractivity contribution >= 4 is 18.0 Å². The zero-order valence-electron chi connectivity index (χ0n) is 21.8. The number of nitrogens with zero attached hydrogens (tertiary/aromatic N) is 1. The number of hydrogen-bond donors (Lipinski definition) is 2. The maximum absolute atomic E-state index is 12.6. The van der Waals surface area contributed by atoms with Crippen molar-refractivity contribution in [2.45, 2.75) is 57.6 Å². The number of ether oxygens (including phenoxy) is 2. The summed E-state index contributed by atoms with van der Waals surface area (Å²) in [6.45, 7) is 5.80. The number of rotatable bonds is 10. The van der Waals surface area contributed by atoms with E-state index in [2.05, 4.69) is 10.3 Å². The van der Waals surface area contributed by atoms with Crippen LogP contribution < -0.4 is 5.32 Å². The first-order valence-electron chi connectivity index (χ1n) is 12.8. The van der Waals surface area contributed by atoms with Gasteiger partial charge in [0.2, 0.25) is 0 Å². The molecule has 198 valence electrons. The molecule has 38 heavy (non-hydrogen) atoms. The summed E-state index contributed by atoms with van der Waals surface area (Å²) in [4.78, 5) is 41.3. The van der Waals surface area contributed by atoms with E-state index >= 15 is 0 Å². The third-order valence-electron chi connectivity index (χ3n) is 7.24. The van der Waals surface area contributed by atoms with Gasteiger partial charge in [-0.2, -0.15) is 0 Å². The molecule has 4 rings (SSSR count). The van der Waals surface area contributed by atoms with E-state index < -0.39 is 29.7 Å². The Kier molecular flexibility index (Phi) is 8.10. The van der Waals surface area contributed by atoms with Crippen molar-refractivity contribution in [1.29, 1.82) is 0 Å². The zero-order valence-corrected chi connectivity index (χ0v) is 21.8. The molecular formula is C30H32N2O6. The van der Waals surface area contributed by atoms with Crippen molar-refractivity contribution in [3.63, 3.8) is 0 Å². The molecule has 1 aliphatic rings. The van der Waals surface area contributed by atoms with Crippen LogP contribution in [0.3, 0.4) is 0 Å². The zero-order chi connectivity index (χ0) is 27.3. The van der Waals surface area contributed by atoms with Gasteiger partial charge in [0.1, 0.15) is 23.9 Å². The number of esters is 1. The lowest BCUT2D eigenvalue weighted by Crippen LogP contribution is -2.43. The predicted octanol–water partition coefficient (Wildman–Crippen LogP) is 5.35. The Morgan fingerprint density at radius 2 is 1.61 bits per heavy atom. The summed E-state index contributed by atoms with van der Waals surface area (Å²) >= 11 is 0. The first-order valence-corrected chi connectivity index (χ1v) is 12.8. The van der Waals surface area contributed by atoms with Crippen molar-refractivity contribution in [3.8, 4) is 11.1 Å². The molecule has 1 atom stereocenters. The van der Waals surface area contributed by atoms with Gasteiger partial charge in [0, 0.05) is 18.5 Å². The van der Waals surface area contributed by atoms with Crippen LogP contribution in [0.2, 0.25) is 0 Å². The number of carbonyl (C=O) groups excluding carboxylic acids is 2. The molecule has 0 radical (unpaired) electrons. The highest BCUT2D eigenvalue weighted by Gasteiger charge is 2.30. The van der Waals surface area contributed by atoms with Crippen molar-refractivity contribution in [3.05, 3.63) is 89.2 Å². The summed E-state index contributed by atoms with van der Waals surface area (Å²) in [5.41, 5.74) is 4.33. The lowest BCUT2D eigenvalue weighted by atomic mass is 9.98. The molecule has 1 amide bonds. The summed E-state index contributed by atoms with van der Waals surface area (Å²) in [7, 11) is 0. The van der Waals surface area contributed by atoms with Gasteiger partial charge in [-0.05, 0) is 59.7 Å². The first-order chi connectivity index (χ1) is 18.2. The van der Waals surface area contributed by atoms with Gasteiger partial charge in [0.25, 0.3) is 0 Å². The van der Waals surface area contributed by atoms with Crippen LogP contribution in [0, 0.1) is 0 Å². The fourth-order valence-corrected chi connectivity index (χ4v) is 4.60. The van der Waals surface area contributed by atoms with Crippen LogP contribution in [0.4, 0.5) is 4.79 Å². The highest BCUT2D eigenvalue weighted by molar-refractivity contribution is 5.88. The standard InChI is InChI=1S/C30H32N2O6/c1-4-30(3,5-2)38-28(35)26-17-19(14-15-31-26)16-25(27(33)34)32-29(36)37-18-24-22-12-8-6-10-20(22)21-11-7-9-13-23(21)24/h6-15,17,24-25H,4-5,16,18H2,1-3H3,(H,32,36)(H,33,34)/t25-/m0/s1. The molecule has 1 aromatic heterocycles. The molecule has 1 heterocycles. The summed E-state index contributed by atoms with van der Waals surface area (Å²) in [5, 5.41) is 12.2. The van der Waals surface area contributed by atoms with Crippen LogP contribution in [-0.2, 0) is 20.7 Å². The van der Waals surface area contributed by atoms with E-state index in [1.807, 2.05) is 69.3 Å². The second-order valence-corrected chi connectivity index (χ2v) is 9.66. The van der Waals surface area contributed by atoms with E-state index in [1.165, 1.54) is 12.3 Å². The molecule has 0 aliphatic heterocycles. The fraction of sp³-hybridized carbons (Fsp3) is 0.333. The number of aliphatic carboxylic acids is 1. The van der Waals surface area contributed by atoms with Crippen molar-refractivity contribution < 1.29 is 29.0 Å². The number of nitrogens with one attached hydrogen (secondary N) is 1. The molecular weight excluding hydrogens is 484 g/mol. The van der Waals surface area contributed by atoms with Crippen LogP contribution in [0.5, 0.6) is 0 Å². The molecule has 8 heteroatoms. The highest BCUT2D eigenvalue weighted by atomic mass is 16.6. The Bertz CT molecular complexity index is 1290. The first kappa shape index (κ1) is 26.9. The van der Waals surface area contributed by atoms with Crippen LogP contribution in [0.25, 0.3) is 11.1 Å². The molecule has 8 nitrogen and oxygen atoms in total. The Morgan fingerprint density at radius 1 is 1.00 bits per heavy atom. The molecule has 0 unspecified atom stereocenters. The van der Waals surface area contributed by atoms with Gasteiger partial charge in [0.05, 0.1) is 0 Å². The smallest absolute Gasteiger partial charge is 0.407 e. The van der Waals surface area contributed by atoms with Crippen LogP contribution in [0.1, 0.15) is 66.7 Å². The quantitative estimate of drug-likeness (QED) is 0.349. The van der Waals surface area contributed by atoms with Crippen LogP contribution >= 0.6 is 0 Å². The number of benzene rings is 2. The molecule has 0 spiro atoms. The number of carbonyl (C=O) groups is 3. The Hall–Kier alpha value is -4.20. The van der Waals surface area contributed by atoms with Gasteiger partial charge in [0.15, 0.2) is 0 Å². The van der Waals surface area contributed by atoms with Crippen LogP contribution in [0.15, 0.2) is 66.9 Å². The molecule has 0 saturated heterocycles. The number of carboxylic acid groups (broad SMARTS) is 1. The second-order valence-electron chi connectivity index (χ2n) is 9.66. The number of carboxylic acids is 1. The van der Waals surface area contributed by atoms with Crippen molar-refractivity contribution in [1.82, 2.24) is 10.3 Å². The number of alkyl carbamates (subject to hydrolysis) is 1. The average Bonchev–Trinajstić information content (AvgIpc) is 3.25. The minimum atomic E-state index is -1.26. The Morgan fingerprint density at radius 3 is 2.18 bits per heavy atom. The molecule has 1 aliphatic carbocycles. The molecule has 0 bridgehead atoms. The van der Waals surface area contributed by atoms with Gasteiger partial charge in [-0.1, -0.05) is 62.4 Å². The van der Waals surface area contributed by atoms with Gasteiger partial charge in [-0.3, -0.25) is 0 Å². The predicted molar refractivity (Wildman–Crippen MR) is 142 cm³/mol. The van der Waals surface area contributed by atoms with E-state index in [-0.39, 0.29) is 24.6 Å². The lowest BCUT2D eigenvalue weighted by Gasteiger charge is -2.26. The summed E-state index contributed by atoms with van der Waals surface area (Å²) < 4.78 is 11.1. The molecule has 3 aromatic rings. The van der Waals surface area contributed by atoms with Crippen molar-refractivity contribution in [2.75, 3.05) is 6.61 Å². The van der Waals surface area contributed by atoms with E-state index in [1.54, 1.807) is 6.07 Å². The Labute approximate surface area is 222 Å². The average molecular weight is 517 g/mol. The minimum Gasteiger partial charge on any atom is -0.480 e. The third kappa shape index (κ3) is 5.85. The lowest BCUT2D eigenvalue weighted by molar-refractivity contribution is -0.139. The highest BCUT2D eigenvalue weighted by Crippen LogP contribution is 2.44. The maximum atomic E-state index is 12.6. The fourth-order valence-electron chi connectivity index (χ4n) is 4.60. The van der Waals surface area contributed by atoms with Crippen molar-refractivity contribution in [2.24, 2.45) is 0 Å².